The fraction of sp³-hybridized carbons (Fsp3) is 0.545. The fourth-order valence-corrected chi connectivity index (χ4v) is 1.98. The molecule has 1 aromatic heterocycles. The standard InChI is InChI=1S/C11H17N5O2/c1-12-9-6-10(14-8-13-9)16-4-2-15(3-5-16)7-11(17)18/h6,8H,2-5,7H2,1H3,(H,17,18)(H,12,13,14). The molecule has 0 spiro atoms. The topological polar surface area (TPSA) is 81.6 Å². The van der Waals surface area contributed by atoms with Crippen LogP contribution in [0.15, 0.2) is 12.4 Å². The number of carboxylic acids is 1. The van der Waals surface area contributed by atoms with Crippen LogP contribution >= 0.6 is 0 Å². The van der Waals surface area contributed by atoms with E-state index in [1.54, 1.807) is 0 Å². The summed E-state index contributed by atoms with van der Waals surface area (Å²) in [4.78, 5) is 23.0. The van der Waals surface area contributed by atoms with E-state index in [1.807, 2.05) is 18.0 Å². The summed E-state index contributed by atoms with van der Waals surface area (Å²) >= 11 is 0. The van der Waals surface area contributed by atoms with Crippen molar-refractivity contribution in [3.63, 3.8) is 0 Å². The van der Waals surface area contributed by atoms with Crippen LogP contribution in [0.4, 0.5) is 11.6 Å². The number of hydrogen-bond donors (Lipinski definition) is 2. The lowest BCUT2D eigenvalue weighted by Crippen LogP contribution is -2.48. The normalized spacial score (nSPS) is 16.6. The van der Waals surface area contributed by atoms with E-state index in [1.165, 1.54) is 6.33 Å². The summed E-state index contributed by atoms with van der Waals surface area (Å²) in [5.74, 6) is 0.889. The number of hydrogen-bond acceptors (Lipinski definition) is 6. The quantitative estimate of drug-likeness (QED) is 0.762. The molecule has 7 nitrogen and oxygen atoms in total. The third-order valence-corrected chi connectivity index (χ3v) is 2.96. The van der Waals surface area contributed by atoms with Gasteiger partial charge >= 0.3 is 5.97 Å². The molecule has 1 saturated heterocycles. The molecule has 1 fully saturated rings. The summed E-state index contributed by atoms with van der Waals surface area (Å²) in [7, 11) is 1.82. The Kier molecular flexibility index (Phi) is 3.93. The van der Waals surface area contributed by atoms with Gasteiger partial charge in [-0.05, 0) is 0 Å². The van der Waals surface area contributed by atoms with Crippen LogP contribution in [0.3, 0.4) is 0 Å². The van der Waals surface area contributed by atoms with E-state index in [2.05, 4.69) is 20.2 Å². The van der Waals surface area contributed by atoms with Crippen LogP contribution in [-0.4, -0.2) is 65.7 Å². The molecule has 0 atom stereocenters. The van der Waals surface area contributed by atoms with E-state index in [4.69, 9.17) is 5.11 Å². The highest BCUT2D eigenvalue weighted by molar-refractivity contribution is 5.69. The van der Waals surface area contributed by atoms with Gasteiger partial charge in [-0.25, -0.2) is 9.97 Å². The van der Waals surface area contributed by atoms with Crippen LogP contribution in [0.25, 0.3) is 0 Å². The first-order valence-electron chi connectivity index (χ1n) is 5.88. The molecule has 98 valence electrons. The fourth-order valence-electron chi connectivity index (χ4n) is 1.98. The van der Waals surface area contributed by atoms with Crippen molar-refractivity contribution in [2.75, 3.05) is 50.0 Å². The highest BCUT2D eigenvalue weighted by atomic mass is 16.4. The Morgan fingerprint density at radius 2 is 2.11 bits per heavy atom. The summed E-state index contributed by atoms with van der Waals surface area (Å²) in [5, 5.41) is 11.7. The summed E-state index contributed by atoms with van der Waals surface area (Å²) in [6, 6.07) is 1.90. The molecule has 1 aliphatic heterocycles. The Labute approximate surface area is 105 Å². The molecule has 7 heteroatoms. The van der Waals surface area contributed by atoms with Gasteiger partial charge in [0.2, 0.25) is 0 Å². The zero-order valence-electron chi connectivity index (χ0n) is 10.3. The van der Waals surface area contributed by atoms with E-state index < -0.39 is 5.97 Å². The van der Waals surface area contributed by atoms with Crippen molar-refractivity contribution in [3.8, 4) is 0 Å². The van der Waals surface area contributed by atoms with Gasteiger partial charge in [0, 0.05) is 39.3 Å². The monoisotopic (exact) mass is 251 g/mol. The molecule has 1 aromatic rings. The Hall–Kier alpha value is -1.89. The lowest BCUT2D eigenvalue weighted by molar-refractivity contribution is -0.138. The molecule has 0 unspecified atom stereocenters. The van der Waals surface area contributed by atoms with Crippen LogP contribution in [0.5, 0.6) is 0 Å². The lowest BCUT2D eigenvalue weighted by Gasteiger charge is -2.34. The molecule has 1 aliphatic rings. The Balaban J connectivity index is 1.94. The predicted octanol–water partition coefficient (Wildman–Crippen LogP) is -0.275. The number of nitrogens with one attached hydrogen (secondary N) is 1. The van der Waals surface area contributed by atoms with Crippen molar-refractivity contribution in [2.24, 2.45) is 0 Å². The van der Waals surface area contributed by atoms with Crippen molar-refractivity contribution >= 4 is 17.6 Å². The smallest absolute Gasteiger partial charge is 0.317 e. The molecular formula is C11H17N5O2. The molecule has 0 saturated carbocycles. The molecular weight excluding hydrogens is 234 g/mol. The second kappa shape index (κ2) is 5.63. The van der Waals surface area contributed by atoms with Crippen LogP contribution in [0.1, 0.15) is 0 Å². The summed E-state index contributed by atoms with van der Waals surface area (Å²) in [6.45, 7) is 3.16. The number of rotatable bonds is 4. The number of nitrogens with zero attached hydrogens (tertiary/aromatic N) is 4. The lowest BCUT2D eigenvalue weighted by atomic mass is 10.3. The Bertz CT molecular complexity index is 418. The van der Waals surface area contributed by atoms with Gasteiger partial charge in [-0.15, -0.1) is 0 Å². The summed E-state index contributed by atoms with van der Waals surface area (Å²) < 4.78 is 0. The zero-order valence-corrected chi connectivity index (χ0v) is 10.3. The molecule has 0 aromatic carbocycles. The van der Waals surface area contributed by atoms with E-state index in [-0.39, 0.29) is 6.54 Å². The van der Waals surface area contributed by atoms with Crippen LogP contribution in [-0.2, 0) is 4.79 Å². The molecule has 2 N–H and O–H groups in total. The molecule has 0 radical (unpaired) electrons. The maximum atomic E-state index is 10.6. The maximum absolute atomic E-state index is 10.6. The number of carbonyl (C=O) groups is 1. The van der Waals surface area contributed by atoms with Gasteiger partial charge in [-0.3, -0.25) is 9.69 Å². The van der Waals surface area contributed by atoms with Gasteiger partial charge < -0.3 is 15.3 Å². The van der Waals surface area contributed by atoms with Gasteiger partial charge in [0.25, 0.3) is 0 Å². The number of carboxylic acid groups (broad SMARTS) is 1. The van der Waals surface area contributed by atoms with Gasteiger partial charge in [0.15, 0.2) is 0 Å². The minimum Gasteiger partial charge on any atom is -0.480 e. The number of aromatic nitrogens is 2. The average Bonchev–Trinajstić information content (AvgIpc) is 2.39. The molecule has 2 rings (SSSR count). The first kappa shape index (κ1) is 12.6. The van der Waals surface area contributed by atoms with E-state index in [9.17, 15) is 4.79 Å². The first-order chi connectivity index (χ1) is 8.69. The van der Waals surface area contributed by atoms with Gasteiger partial charge in [-0.2, -0.15) is 0 Å². The third kappa shape index (κ3) is 3.07. The Morgan fingerprint density at radius 1 is 1.39 bits per heavy atom. The van der Waals surface area contributed by atoms with Crippen LogP contribution < -0.4 is 10.2 Å². The molecule has 18 heavy (non-hydrogen) atoms. The van der Waals surface area contributed by atoms with E-state index in [0.717, 1.165) is 37.8 Å². The SMILES string of the molecule is CNc1cc(N2CCN(CC(=O)O)CC2)ncn1. The zero-order chi connectivity index (χ0) is 13.0. The highest BCUT2D eigenvalue weighted by Crippen LogP contribution is 2.15. The molecule has 0 bridgehead atoms. The molecule has 0 aliphatic carbocycles. The van der Waals surface area contributed by atoms with Gasteiger partial charge in [0.05, 0.1) is 6.54 Å². The maximum Gasteiger partial charge on any atom is 0.317 e. The summed E-state index contributed by atoms with van der Waals surface area (Å²) in [5.41, 5.74) is 0. The van der Waals surface area contributed by atoms with Crippen molar-refractivity contribution in [2.45, 2.75) is 0 Å². The summed E-state index contributed by atoms with van der Waals surface area (Å²) in [6.07, 6.45) is 1.53. The first-order valence-corrected chi connectivity index (χ1v) is 5.88. The molecule has 2 heterocycles. The average molecular weight is 251 g/mol. The minimum absolute atomic E-state index is 0.110. The van der Waals surface area contributed by atoms with Gasteiger partial charge in [-0.1, -0.05) is 0 Å². The molecule has 0 amide bonds. The minimum atomic E-state index is -0.775. The van der Waals surface area contributed by atoms with Crippen molar-refractivity contribution in [1.29, 1.82) is 0 Å². The second-order valence-electron chi connectivity index (χ2n) is 4.17. The van der Waals surface area contributed by atoms with Crippen molar-refractivity contribution < 1.29 is 9.90 Å². The number of aliphatic carboxylic acids is 1. The second-order valence-corrected chi connectivity index (χ2v) is 4.17. The van der Waals surface area contributed by atoms with Crippen LogP contribution in [0.2, 0.25) is 0 Å². The third-order valence-electron chi connectivity index (χ3n) is 2.96. The Morgan fingerprint density at radius 3 is 2.72 bits per heavy atom. The number of anilines is 2. The number of piperazine rings is 1. The van der Waals surface area contributed by atoms with Crippen molar-refractivity contribution in [3.05, 3.63) is 12.4 Å². The van der Waals surface area contributed by atoms with E-state index >= 15 is 0 Å². The van der Waals surface area contributed by atoms with Gasteiger partial charge in [0.1, 0.15) is 18.0 Å². The highest BCUT2D eigenvalue weighted by Gasteiger charge is 2.19. The predicted molar refractivity (Wildman–Crippen MR) is 67.9 cm³/mol. The van der Waals surface area contributed by atoms with Crippen molar-refractivity contribution in [1.82, 2.24) is 14.9 Å². The van der Waals surface area contributed by atoms with Crippen LogP contribution in [0, 0.1) is 0 Å². The largest absolute Gasteiger partial charge is 0.480 e. The van der Waals surface area contributed by atoms with E-state index in [0.29, 0.717) is 0 Å².